The van der Waals surface area contributed by atoms with Crippen LogP contribution in [0.25, 0.3) is 0 Å². The van der Waals surface area contributed by atoms with E-state index >= 15 is 0 Å². The number of benzene rings is 2. The fourth-order valence-electron chi connectivity index (χ4n) is 3.04. The number of ether oxygens (including phenoxy) is 1. The highest BCUT2D eigenvalue weighted by Crippen LogP contribution is 2.16. The van der Waals surface area contributed by atoms with Crippen molar-refractivity contribution in [3.63, 3.8) is 0 Å². The van der Waals surface area contributed by atoms with Crippen LogP contribution < -0.4 is 15.6 Å². The number of nitrogens with zero attached hydrogens (tertiary/aromatic N) is 5. The molecule has 1 aromatic heterocycles. The molecule has 0 atom stereocenters. The van der Waals surface area contributed by atoms with Gasteiger partial charge < -0.3 is 9.64 Å². The van der Waals surface area contributed by atoms with Gasteiger partial charge in [-0.25, -0.2) is 15.2 Å². The Morgan fingerprint density at radius 2 is 1.94 bits per heavy atom. The smallest absolute Gasteiger partial charge is 0.411 e. The summed E-state index contributed by atoms with van der Waals surface area (Å²) in [5, 5.41) is 17.5. The van der Waals surface area contributed by atoms with Gasteiger partial charge in [0.2, 0.25) is 5.95 Å². The van der Waals surface area contributed by atoms with E-state index in [2.05, 4.69) is 25.8 Å². The first-order valence-electron chi connectivity index (χ1n) is 10.9. The fourth-order valence-corrected chi connectivity index (χ4v) is 3.04. The van der Waals surface area contributed by atoms with E-state index in [0.717, 1.165) is 22.6 Å². The highest BCUT2D eigenvalue weighted by Gasteiger charge is 2.09. The van der Waals surface area contributed by atoms with Gasteiger partial charge in [0.15, 0.2) is 0 Å². The summed E-state index contributed by atoms with van der Waals surface area (Å²) >= 11 is 0. The molecule has 35 heavy (non-hydrogen) atoms. The van der Waals surface area contributed by atoms with Crippen molar-refractivity contribution in [2.24, 2.45) is 5.10 Å². The van der Waals surface area contributed by atoms with Crippen LogP contribution in [0, 0.1) is 17.0 Å². The fraction of sp³-hybridized carbons (Fsp3) is 0.250. The van der Waals surface area contributed by atoms with E-state index < -0.39 is 11.0 Å². The average Bonchev–Trinajstić information content (AvgIpc) is 2.82. The highest BCUT2D eigenvalue weighted by molar-refractivity contribution is 5.84. The second kappa shape index (κ2) is 12.1. The van der Waals surface area contributed by atoms with E-state index in [9.17, 15) is 14.9 Å². The summed E-state index contributed by atoms with van der Waals surface area (Å²) in [5.74, 6) is 1.09. The lowest BCUT2D eigenvalue weighted by Gasteiger charge is -2.14. The number of nitro groups is 1. The molecule has 182 valence electrons. The van der Waals surface area contributed by atoms with Crippen molar-refractivity contribution in [1.29, 1.82) is 0 Å². The van der Waals surface area contributed by atoms with Gasteiger partial charge in [-0.3, -0.25) is 15.4 Å². The van der Waals surface area contributed by atoms with E-state index in [1.165, 1.54) is 24.3 Å². The zero-order valence-corrected chi connectivity index (χ0v) is 19.8. The molecule has 0 saturated carbocycles. The Morgan fingerprint density at radius 3 is 2.63 bits per heavy atom. The summed E-state index contributed by atoms with van der Waals surface area (Å²) < 4.78 is 5.20. The number of rotatable bonds is 10. The summed E-state index contributed by atoms with van der Waals surface area (Å²) in [6.45, 7) is 2.19. The highest BCUT2D eigenvalue weighted by atomic mass is 16.6. The second-order valence-electron chi connectivity index (χ2n) is 7.89. The Bertz CT molecular complexity index is 1200. The van der Waals surface area contributed by atoms with Crippen LogP contribution >= 0.6 is 0 Å². The first-order chi connectivity index (χ1) is 16.8. The molecule has 11 nitrogen and oxygen atoms in total. The second-order valence-corrected chi connectivity index (χ2v) is 7.89. The Hall–Kier alpha value is -4.54. The van der Waals surface area contributed by atoms with E-state index in [0.29, 0.717) is 24.5 Å². The van der Waals surface area contributed by atoms with Crippen LogP contribution in [0.2, 0.25) is 0 Å². The lowest BCUT2D eigenvalue weighted by molar-refractivity contribution is -0.384. The van der Waals surface area contributed by atoms with Crippen LogP contribution in [-0.2, 0) is 11.2 Å². The van der Waals surface area contributed by atoms with Crippen molar-refractivity contribution in [3.8, 4) is 0 Å². The Balaban J connectivity index is 1.51. The van der Waals surface area contributed by atoms with Gasteiger partial charge in [-0.05, 0) is 37.5 Å². The number of non-ortho nitro benzene ring substituents is 1. The number of carbonyl (C=O) groups is 1. The lowest BCUT2D eigenvalue weighted by Crippen LogP contribution is -2.15. The number of anilines is 3. The number of hydrogen-bond acceptors (Lipinski definition) is 9. The molecule has 3 rings (SSSR count). The first kappa shape index (κ1) is 25.1. The zero-order chi connectivity index (χ0) is 25.2. The number of carbonyl (C=O) groups excluding carboxylic acids is 1. The molecule has 2 aromatic carbocycles. The van der Waals surface area contributed by atoms with Crippen molar-refractivity contribution >= 4 is 35.4 Å². The molecule has 11 heteroatoms. The molecule has 0 spiro atoms. The Morgan fingerprint density at radius 1 is 1.17 bits per heavy atom. The van der Waals surface area contributed by atoms with Crippen LogP contribution in [0.5, 0.6) is 0 Å². The van der Waals surface area contributed by atoms with Gasteiger partial charge in [0, 0.05) is 43.7 Å². The van der Waals surface area contributed by atoms with Crippen molar-refractivity contribution in [1.82, 2.24) is 9.97 Å². The van der Waals surface area contributed by atoms with Crippen LogP contribution in [0.1, 0.15) is 23.2 Å². The molecule has 0 bridgehead atoms. The molecule has 0 aliphatic heterocycles. The molecule has 2 N–H and O–H groups in total. The van der Waals surface area contributed by atoms with Gasteiger partial charge in [0.05, 0.1) is 17.7 Å². The predicted molar refractivity (Wildman–Crippen MR) is 135 cm³/mol. The standard InChI is InChI=1S/C24H27N7O4/c1-17-6-4-7-18(14-17)16-25-29-23-26-20(15-22(28-23)30(2)3)8-5-13-35-24(32)27-19-9-11-21(12-10-19)31(33)34/h4,6-7,9-12,14-16H,5,8,13H2,1-3H3,(H,27,32)(H,26,28,29). The van der Waals surface area contributed by atoms with Gasteiger partial charge in [-0.1, -0.05) is 29.8 Å². The molecular weight excluding hydrogens is 450 g/mol. The molecule has 0 radical (unpaired) electrons. The molecular formula is C24H27N7O4. The van der Waals surface area contributed by atoms with Gasteiger partial charge in [-0.15, -0.1) is 0 Å². The summed E-state index contributed by atoms with van der Waals surface area (Å²) in [6.07, 6.45) is 2.17. The molecule has 1 heterocycles. The van der Waals surface area contributed by atoms with Crippen molar-refractivity contribution < 1.29 is 14.5 Å². The molecule has 0 unspecified atom stereocenters. The third-order valence-electron chi connectivity index (χ3n) is 4.78. The molecule has 1 amide bonds. The maximum absolute atomic E-state index is 12.0. The number of hydrazone groups is 1. The van der Waals surface area contributed by atoms with Crippen molar-refractivity contribution in [2.45, 2.75) is 19.8 Å². The van der Waals surface area contributed by atoms with Crippen LogP contribution in [0.3, 0.4) is 0 Å². The van der Waals surface area contributed by atoms with Crippen LogP contribution in [0.15, 0.2) is 59.7 Å². The molecule has 0 aliphatic carbocycles. The maximum Gasteiger partial charge on any atom is 0.411 e. The van der Waals surface area contributed by atoms with Gasteiger partial charge in [0.1, 0.15) is 5.82 Å². The first-order valence-corrected chi connectivity index (χ1v) is 10.9. The average molecular weight is 478 g/mol. The number of aromatic nitrogens is 2. The largest absolute Gasteiger partial charge is 0.449 e. The van der Waals surface area contributed by atoms with Crippen LogP contribution in [-0.4, -0.2) is 47.9 Å². The Kier molecular flexibility index (Phi) is 8.65. The molecule has 0 saturated heterocycles. The van der Waals surface area contributed by atoms with Crippen LogP contribution in [0.4, 0.5) is 27.9 Å². The van der Waals surface area contributed by atoms with E-state index in [1.54, 1.807) is 6.21 Å². The van der Waals surface area contributed by atoms with Crippen molar-refractivity contribution in [2.75, 3.05) is 36.3 Å². The van der Waals surface area contributed by atoms with E-state index in [1.807, 2.05) is 56.3 Å². The summed E-state index contributed by atoms with van der Waals surface area (Å²) in [5.41, 5.74) is 6.12. The summed E-state index contributed by atoms with van der Waals surface area (Å²) in [6, 6.07) is 15.3. The summed E-state index contributed by atoms with van der Waals surface area (Å²) in [7, 11) is 3.77. The number of nitro benzene ring substituents is 1. The minimum Gasteiger partial charge on any atom is -0.449 e. The third kappa shape index (κ3) is 8.07. The topological polar surface area (TPSA) is 135 Å². The van der Waals surface area contributed by atoms with Crippen molar-refractivity contribution in [3.05, 3.63) is 81.5 Å². The Labute approximate surface area is 203 Å². The van der Waals surface area contributed by atoms with E-state index in [4.69, 9.17) is 4.74 Å². The monoisotopic (exact) mass is 477 g/mol. The minimum absolute atomic E-state index is 0.0550. The number of aryl methyl sites for hydroxylation is 2. The lowest BCUT2D eigenvalue weighted by atomic mass is 10.2. The van der Waals surface area contributed by atoms with Gasteiger partial charge >= 0.3 is 6.09 Å². The number of amides is 1. The van der Waals surface area contributed by atoms with Gasteiger partial charge in [-0.2, -0.15) is 10.1 Å². The third-order valence-corrected chi connectivity index (χ3v) is 4.78. The quantitative estimate of drug-likeness (QED) is 0.190. The number of hydrogen-bond donors (Lipinski definition) is 2. The summed E-state index contributed by atoms with van der Waals surface area (Å²) in [4.78, 5) is 33.0. The maximum atomic E-state index is 12.0. The molecule has 0 fully saturated rings. The van der Waals surface area contributed by atoms with Gasteiger partial charge in [0.25, 0.3) is 5.69 Å². The predicted octanol–water partition coefficient (Wildman–Crippen LogP) is 4.39. The molecule has 0 aliphatic rings. The van der Waals surface area contributed by atoms with E-state index in [-0.39, 0.29) is 12.3 Å². The molecule has 3 aromatic rings. The SMILES string of the molecule is Cc1cccc(C=NNc2nc(CCCOC(=O)Nc3ccc([N+](=O)[O-])cc3)cc(N(C)C)n2)c1. The minimum atomic E-state index is -0.636. The normalized spacial score (nSPS) is 10.7. The zero-order valence-electron chi connectivity index (χ0n) is 19.8. The number of nitrogens with one attached hydrogen (secondary N) is 2.